The van der Waals surface area contributed by atoms with E-state index in [1.54, 1.807) is 18.2 Å². The topological polar surface area (TPSA) is 113 Å². The molecule has 5 rings (SSSR count). The molecule has 212 valence electrons. The maximum absolute atomic E-state index is 14.1. The van der Waals surface area contributed by atoms with Gasteiger partial charge in [-0.05, 0) is 48.1 Å². The van der Waals surface area contributed by atoms with Crippen LogP contribution in [-0.2, 0) is 24.3 Å². The van der Waals surface area contributed by atoms with Crippen LogP contribution >= 0.6 is 22.9 Å². The van der Waals surface area contributed by atoms with Crippen molar-refractivity contribution in [1.29, 1.82) is 0 Å². The number of hydrogen-bond acceptors (Lipinski definition) is 7. The van der Waals surface area contributed by atoms with Gasteiger partial charge in [-0.25, -0.2) is 13.2 Å². The number of ether oxygens (including phenoxy) is 2. The van der Waals surface area contributed by atoms with Crippen LogP contribution in [0.3, 0.4) is 0 Å². The zero-order valence-electron chi connectivity index (χ0n) is 21.6. The summed E-state index contributed by atoms with van der Waals surface area (Å²) in [6, 6.07) is 10.3. The Labute approximate surface area is 237 Å². The number of carboxylic acid groups (broad SMARTS) is 1. The quantitative estimate of drug-likeness (QED) is 0.436. The standard InChI is InChI=1S/C27H33ClN2O7S2/c28-21-8-6-20(7-9-21)23-10-11-24(38-23)39(34,35)30(14-17-37-26(33)29-12-15-36-16-13-29)27(25(31)32)18-22(27)19-4-2-1-3-5-19/h6-11,19,22H,1-5,12-18H2,(H,31,32)/t22-,27+/m0/s1. The maximum Gasteiger partial charge on any atom is 0.409 e. The fraction of sp³-hybridized carbons (Fsp3) is 0.556. The molecule has 2 aliphatic carbocycles. The Hall–Kier alpha value is -2.18. The minimum Gasteiger partial charge on any atom is -0.480 e. The highest BCUT2D eigenvalue weighted by Crippen LogP contribution is 2.57. The number of carboxylic acids is 1. The first-order valence-electron chi connectivity index (χ1n) is 13.3. The molecule has 12 heteroatoms. The van der Waals surface area contributed by atoms with Crippen molar-refractivity contribution in [2.45, 2.75) is 48.3 Å². The molecule has 1 aliphatic heterocycles. The van der Waals surface area contributed by atoms with E-state index in [1.807, 2.05) is 12.1 Å². The number of thiophene rings is 1. The summed E-state index contributed by atoms with van der Waals surface area (Å²) < 4.78 is 40.1. The van der Waals surface area contributed by atoms with Gasteiger partial charge in [0.1, 0.15) is 16.4 Å². The third-order valence-corrected chi connectivity index (χ3v) is 11.9. The molecule has 1 amide bonds. The van der Waals surface area contributed by atoms with Crippen molar-refractivity contribution in [1.82, 2.24) is 9.21 Å². The number of halogens is 1. The summed E-state index contributed by atoms with van der Waals surface area (Å²) in [6.07, 6.45) is 4.68. The van der Waals surface area contributed by atoms with E-state index in [4.69, 9.17) is 21.1 Å². The zero-order valence-corrected chi connectivity index (χ0v) is 24.0. The minimum atomic E-state index is -4.21. The summed E-state index contributed by atoms with van der Waals surface area (Å²) in [7, 11) is -4.21. The fourth-order valence-corrected chi connectivity index (χ4v) is 9.25. The van der Waals surface area contributed by atoms with E-state index in [0.717, 1.165) is 58.2 Å². The van der Waals surface area contributed by atoms with Gasteiger partial charge in [0.15, 0.2) is 0 Å². The van der Waals surface area contributed by atoms with Crippen LogP contribution in [0.2, 0.25) is 5.02 Å². The lowest BCUT2D eigenvalue weighted by molar-refractivity contribution is -0.144. The Morgan fingerprint density at radius 3 is 2.46 bits per heavy atom. The fourth-order valence-electron chi connectivity index (χ4n) is 5.93. The van der Waals surface area contributed by atoms with Crippen LogP contribution in [0.15, 0.2) is 40.6 Å². The number of carbonyl (C=O) groups excluding carboxylic acids is 1. The van der Waals surface area contributed by atoms with E-state index in [0.29, 0.717) is 31.3 Å². The lowest BCUT2D eigenvalue weighted by atomic mass is 9.84. The highest BCUT2D eigenvalue weighted by Gasteiger charge is 2.69. The molecule has 1 aromatic carbocycles. The van der Waals surface area contributed by atoms with Gasteiger partial charge in [-0.15, -0.1) is 11.3 Å². The molecule has 1 saturated heterocycles. The van der Waals surface area contributed by atoms with Gasteiger partial charge in [0.25, 0.3) is 10.0 Å². The molecular weight excluding hydrogens is 564 g/mol. The summed E-state index contributed by atoms with van der Waals surface area (Å²) in [5, 5.41) is 11.0. The molecule has 2 saturated carbocycles. The molecule has 2 aromatic rings. The number of amides is 1. The Balaban J connectivity index is 1.41. The van der Waals surface area contributed by atoms with Gasteiger partial charge in [0, 0.05) is 29.5 Å². The third-order valence-electron chi connectivity index (χ3n) is 8.06. The van der Waals surface area contributed by atoms with Gasteiger partial charge in [0.2, 0.25) is 0 Å². The lowest BCUT2D eigenvalue weighted by Crippen LogP contribution is -2.51. The second-order valence-corrected chi connectivity index (χ2v) is 14.0. The third kappa shape index (κ3) is 5.83. The minimum absolute atomic E-state index is 0.0573. The first kappa shape index (κ1) is 28.4. The average Bonchev–Trinajstić information content (AvgIpc) is 3.49. The highest BCUT2D eigenvalue weighted by molar-refractivity contribution is 7.91. The molecule has 39 heavy (non-hydrogen) atoms. The van der Waals surface area contributed by atoms with E-state index >= 15 is 0 Å². The number of benzene rings is 1. The van der Waals surface area contributed by atoms with Crippen molar-refractivity contribution < 1.29 is 32.6 Å². The molecule has 9 nitrogen and oxygen atoms in total. The summed E-state index contributed by atoms with van der Waals surface area (Å²) >= 11 is 7.09. The smallest absolute Gasteiger partial charge is 0.409 e. The van der Waals surface area contributed by atoms with Crippen LogP contribution in [0, 0.1) is 11.8 Å². The number of aliphatic carboxylic acids is 1. The van der Waals surface area contributed by atoms with Crippen molar-refractivity contribution in [2.24, 2.45) is 11.8 Å². The molecule has 0 bridgehead atoms. The Morgan fingerprint density at radius 1 is 1.10 bits per heavy atom. The molecule has 0 unspecified atom stereocenters. The summed E-state index contributed by atoms with van der Waals surface area (Å²) in [5.74, 6) is -1.25. The van der Waals surface area contributed by atoms with Gasteiger partial charge in [-0.1, -0.05) is 55.8 Å². The zero-order chi connectivity index (χ0) is 27.6. The second-order valence-electron chi connectivity index (χ2n) is 10.4. The first-order chi connectivity index (χ1) is 18.7. The van der Waals surface area contributed by atoms with Crippen molar-refractivity contribution in [3.63, 3.8) is 0 Å². The van der Waals surface area contributed by atoms with E-state index in [2.05, 4.69) is 0 Å². The highest BCUT2D eigenvalue weighted by atomic mass is 35.5. The largest absolute Gasteiger partial charge is 0.480 e. The van der Waals surface area contributed by atoms with Crippen LogP contribution in [0.25, 0.3) is 10.4 Å². The molecule has 2 atom stereocenters. The van der Waals surface area contributed by atoms with E-state index in [1.165, 1.54) is 11.0 Å². The van der Waals surface area contributed by atoms with Crippen LogP contribution in [-0.4, -0.2) is 79.8 Å². The molecule has 3 fully saturated rings. The summed E-state index contributed by atoms with van der Waals surface area (Å²) in [6.45, 7) is 1.14. The number of carbonyl (C=O) groups is 2. The lowest BCUT2D eigenvalue weighted by Gasteiger charge is -2.32. The van der Waals surface area contributed by atoms with Crippen molar-refractivity contribution in [3.8, 4) is 10.4 Å². The van der Waals surface area contributed by atoms with Crippen molar-refractivity contribution in [2.75, 3.05) is 39.5 Å². The number of hydrogen-bond donors (Lipinski definition) is 1. The molecule has 1 N–H and O–H groups in total. The van der Waals surface area contributed by atoms with Gasteiger partial charge in [0.05, 0.1) is 13.2 Å². The molecule has 1 aromatic heterocycles. The number of sulfonamides is 1. The summed E-state index contributed by atoms with van der Waals surface area (Å²) in [5.41, 5.74) is -0.729. The monoisotopic (exact) mass is 596 g/mol. The van der Waals surface area contributed by atoms with Gasteiger partial charge >= 0.3 is 12.1 Å². The van der Waals surface area contributed by atoms with E-state index in [-0.39, 0.29) is 35.6 Å². The van der Waals surface area contributed by atoms with Crippen LogP contribution in [0.1, 0.15) is 38.5 Å². The van der Waals surface area contributed by atoms with Crippen LogP contribution < -0.4 is 0 Å². The Bertz CT molecular complexity index is 1290. The van der Waals surface area contributed by atoms with Crippen molar-refractivity contribution in [3.05, 3.63) is 41.4 Å². The molecule has 0 spiro atoms. The van der Waals surface area contributed by atoms with Crippen molar-refractivity contribution >= 4 is 45.0 Å². The van der Waals surface area contributed by atoms with E-state index < -0.39 is 27.6 Å². The maximum atomic E-state index is 14.1. The predicted octanol–water partition coefficient (Wildman–Crippen LogP) is 4.95. The van der Waals surface area contributed by atoms with Gasteiger partial charge in [-0.2, -0.15) is 4.31 Å². The normalized spacial score (nSPS) is 24.1. The summed E-state index contributed by atoms with van der Waals surface area (Å²) in [4.78, 5) is 27.6. The first-order valence-corrected chi connectivity index (χ1v) is 16.0. The number of morpholine rings is 1. The predicted molar refractivity (Wildman–Crippen MR) is 147 cm³/mol. The Kier molecular flexibility index (Phi) is 8.54. The Morgan fingerprint density at radius 2 is 1.79 bits per heavy atom. The average molecular weight is 597 g/mol. The van der Waals surface area contributed by atoms with Crippen LogP contribution in [0.5, 0.6) is 0 Å². The second kappa shape index (κ2) is 11.7. The van der Waals surface area contributed by atoms with Gasteiger partial charge < -0.3 is 19.5 Å². The number of rotatable bonds is 9. The van der Waals surface area contributed by atoms with Crippen LogP contribution in [0.4, 0.5) is 4.79 Å². The van der Waals surface area contributed by atoms with E-state index in [9.17, 15) is 23.1 Å². The SMILES string of the molecule is O=C(OCCN([C@]1(C(=O)O)C[C@H]1C1CCCCC1)S(=O)(=O)c1ccc(-c2ccc(Cl)cc2)s1)N1CCOCC1. The number of nitrogens with zero attached hydrogens (tertiary/aromatic N) is 2. The molecule has 0 radical (unpaired) electrons. The molecular formula is C27H33ClN2O7S2. The van der Waals surface area contributed by atoms with Gasteiger partial charge in [-0.3, -0.25) is 4.79 Å². The molecule has 3 aliphatic rings. The molecule has 2 heterocycles.